The van der Waals surface area contributed by atoms with Crippen LogP contribution in [0.2, 0.25) is 5.02 Å². The normalized spacial score (nSPS) is 18.4. The summed E-state index contributed by atoms with van der Waals surface area (Å²) in [6.45, 7) is 0.606. The smallest absolute Gasteiger partial charge is 0.328 e. The topological polar surface area (TPSA) is 76.1 Å². The minimum atomic E-state index is -1.07. The first-order valence-corrected chi connectivity index (χ1v) is 6.83. The molecule has 1 aromatic carbocycles. The Labute approximate surface area is 127 Å². The van der Waals surface area contributed by atoms with E-state index in [1.165, 1.54) is 12.0 Å². The van der Waals surface area contributed by atoms with E-state index in [1.807, 2.05) is 0 Å². The molecular weight excluding hydrogens is 298 g/mol. The summed E-state index contributed by atoms with van der Waals surface area (Å²) in [4.78, 5) is 24.9. The molecule has 1 heterocycles. The number of hydrogen-bond acceptors (Lipinski definition) is 4. The number of carbonyl (C=O) groups is 2. The third-order valence-corrected chi connectivity index (χ3v) is 3.55. The fourth-order valence-corrected chi connectivity index (χ4v) is 2.45. The van der Waals surface area contributed by atoms with Crippen LogP contribution in [-0.4, -0.2) is 54.8 Å². The number of amides is 1. The van der Waals surface area contributed by atoms with E-state index in [2.05, 4.69) is 0 Å². The molecule has 0 spiro atoms. The van der Waals surface area contributed by atoms with Crippen LogP contribution in [0.4, 0.5) is 0 Å². The molecule has 0 bridgehead atoms. The van der Waals surface area contributed by atoms with Crippen LogP contribution in [0.5, 0.6) is 5.75 Å². The van der Waals surface area contributed by atoms with Gasteiger partial charge >= 0.3 is 5.97 Å². The van der Waals surface area contributed by atoms with Crippen molar-refractivity contribution in [2.24, 2.45) is 0 Å². The van der Waals surface area contributed by atoms with Gasteiger partial charge in [0.15, 0.2) is 6.04 Å². The molecule has 1 N–H and O–H groups in total. The van der Waals surface area contributed by atoms with Crippen LogP contribution in [0.1, 0.15) is 5.56 Å². The summed E-state index contributed by atoms with van der Waals surface area (Å²) < 4.78 is 10.3. The largest absolute Gasteiger partial charge is 0.496 e. The number of methoxy groups -OCH3 is 1. The molecule has 7 heteroatoms. The highest BCUT2D eigenvalue weighted by Gasteiger charge is 2.32. The zero-order chi connectivity index (χ0) is 15.4. The van der Waals surface area contributed by atoms with Gasteiger partial charge in [-0.25, -0.2) is 4.79 Å². The zero-order valence-electron chi connectivity index (χ0n) is 11.5. The fourth-order valence-electron chi connectivity index (χ4n) is 2.26. The number of carboxylic acid groups (broad SMARTS) is 1. The van der Waals surface area contributed by atoms with Crippen LogP contribution >= 0.6 is 11.6 Å². The predicted molar refractivity (Wildman–Crippen MR) is 75.7 cm³/mol. The molecule has 0 radical (unpaired) electrons. The van der Waals surface area contributed by atoms with Crippen molar-refractivity contribution in [2.75, 3.05) is 26.9 Å². The van der Waals surface area contributed by atoms with E-state index in [1.54, 1.807) is 18.2 Å². The van der Waals surface area contributed by atoms with E-state index in [9.17, 15) is 9.59 Å². The van der Waals surface area contributed by atoms with Gasteiger partial charge in [-0.15, -0.1) is 0 Å². The van der Waals surface area contributed by atoms with Crippen molar-refractivity contribution in [1.82, 2.24) is 4.90 Å². The van der Waals surface area contributed by atoms with Gasteiger partial charge in [0.2, 0.25) is 5.91 Å². The summed E-state index contributed by atoms with van der Waals surface area (Å²) in [7, 11) is 1.51. The summed E-state index contributed by atoms with van der Waals surface area (Å²) in [6.07, 6.45) is 0.0352. The number of halogens is 1. The summed E-state index contributed by atoms with van der Waals surface area (Å²) in [5.41, 5.74) is 0.630. The lowest BCUT2D eigenvalue weighted by Crippen LogP contribution is -2.53. The summed E-state index contributed by atoms with van der Waals surface area (Å²) in [6, 6.07) is 4.05. The van der Waals surface area contributed by atoms with E-state index >= 15 is 0 Å². The van der Waals surface area contributed by atoms with Gasteiger partial charge in [-0.3, -0.25) is 4.79 Å². The maximum absolute atomic E-state index is 12.4. The van der Waals surface area contributed by atoms with Crippen molar-refractivity contribution in [2.45, 2.75) is 12.5 Å². The monoisotopic (exact) mass is 313 g/mol. The van der Waals surface area contributed by atoms with Gasteiger partial charge < -0.3 is 19.5 Å². The molecule has 1 aliphatic heterocycles. The van der Waals surface area contributed by atoms with Gasteiger partial charge in [0, 0.05) is 17.1 Å². The van der Waals surface area contributed by atoms with Crippen LogP contribution in [0.15, 0.2) is 18.2 Å². The van der Waals surface area contributed by atoms with Crippen molar-refractivity contribution in [3.8, 4) is 5.75 Å². The SMILES string of the molecule is COc1ccc(Cl)cc1CC(=O)N1CCOC[C@H]1C(=O)O. The van der Waals surface area contributed by atoms with Crippen LogP contribution in [0.25, 0.3) is 0 Å². The molecule has 1 saturated heterocycles. The van der Waals surface area contributed by atoms with Crippen LogP contribution in [0, 0.1) is 0 Å². The summed E-state index contributed by atoms with van der Waals surface area (Å²) >= 11 is 5.93. The molecule has 0 saturated carbocycles. The average Bonchev–Trinajstić information content (AvgIpc) is 2.47. The Morgan fingerprint density at radius 1 is 1.52 bits per heavy atom. The van der Waals surface area contributed by atoms with Crippen LogP contribution in [0.3, 0.4) is 0 Å². The first-order chi connectivity index (χ1) is 10.0. The van der Waals surface area contributed by atoms with Crippen LogP contribution in [-0.2, 0) is 20.7 Å². The molecule has 1 amide bonds. The molecule has 2 rings (SSSR count). The fraction of sp³-hybridized carbons (Fsp3) is 0.429. The average molecular weight is 314 g/mol. The van der Waals surface area contributed by atoms with E-state index in [0.29, 0.717) is 22.9 Å². The van der Waals surface area contributed by atoms with E-state index in [4.69, 9.17) is 26.2 Å². The highest BCUT2D eigenvalue weighted by atomic mass is 35.5. The Hall–Kier alpha value is -1.79. The van der Waals surface area contributed by atoms with Gasteiger partial charge in [0.05, 0.1) is 26.7 Å². The second-order valence-corrected chi connectivity index (χ2v) is 5.09. The molecule has 1 atom stereocenters. The molecular formula is C14H16ClNO5. The van der Waals surface area contributed by atoms with E-state index < -0.39 is 12.0 Å². The second kappa shape index (κ2) is 6.78. The molecule has 1 aliphatic rings. The Morgan fingerprint density at radius 2 is 2.29 bits per heavy atom. The number of morpholine rings is 1. The summed E-state index contributed by atoms with van der Waals surface area (Å²) in [5, 5.41) is 9.64. The first kappa shape index (κ1) is 15.6. The number of benzene rings is 1. The number of carbonyl (C=O) groups excluding carboxylic acids is 1. The molecule has 0 aliphatic carbocycles. The van der Waals surface area contributed by atoms with Crippen molar-refractivity contribution in [1.29, 1.82) is 0 Å². The minimum Gasteiger partial charge on any atom is -0.496 e. The highest BCUT2D eigenvalue weighted by molar-refractivity contribution is 6.30. The Bertz CT molecular complexity index is 548. The molecule has 6 nitrogen and oxygen atoms in total. The maximum Gasteiger partial charge on any atom is 0.328 e. The molecule has 1 fully saturated rings. The van der Waals surface area contributed by atoms with Crippen molar-refractivity contribution in [3.63, 3.8) is 0 Å². The Balaban J connectivity index is 2.16. The van der Waals surface area contributed by atoms with Crippen LogP contribution < -0.4 is 4.74 Å². The standard InChI is InChI=1S/C14H16ClNO5/c1-20-12-3-2-10(15)6-9(12)7-13(17)16-4-5-21-8-11(16)14(18)19/h2-3,6,11H,4-5,7-8H2,1H3,(H,18,19)/t11-/m0/s1. The molecule has 0 aromatic heterocycles. The molecule has 1 aromatic rings. The lowest BCUT2D eigenvalue weighted by Gasteiger charge is -2.33. The summed E-state index contributed by atoms with van der Waals surface area (Å²) in [5.74, 6) is -0.805. The van der Waals surface area contributed by atoms with Gasteiger partial charge in [-0.1, -0.05) is 11.6 Å². The van der Waals surface area contributed by atoms with Crippen molar-refractivity contribution < 1.29 is 24.2 Å². The van der Waals surface area contributed by atoms with Gasteiger partial charge in [-0.05, 0) is 18.2 Å². The second-order valence-electron chi connectivity index (χ2n) is 4.65. The predicted octanol–water partition coefficient (Wildman–Crippen LogP) is 1.20. The zero-order valence-corrected chi connectivity index (χ0v) is 12.3. The first-order valence-electron chi connectivity index (χ1n) is 6.45. The van der Waals surface area contributed by atoms with Gasteiger partial charge in [0.25, 0.3) is 0 Å². The van der Waals surface area contributed by atoms with Gasteiger partial charge in [-0.2, -0.15) is 0 Å². The minimum absolute atomic E-state index is 0.00769. The lowest BCUT2D eigenvalue weighted by molar-refractivity contribution is -0.158. The molecule has 114 valence electrons. The molecule has 21 heavy (non-hydrogen) atoms. The number of ether oxygens (including phenoxy) is 2. The van der Waals surface area contributed by atoms with Crippen molar-refractivity contribution in [3.05, 3.63) is 28.8 Å². The molecule has 0 unspecified atom stereocenters. The quantitative estimate of drug-likeness (QED) is 0.904. The Kier molecular flexibility index (Phi) is 5.03. The maximum atomic E-state index is 12.4. The van der Waals surface area contributed by atoms with Gasteiger partial charge in [0.1, 0.15) is 5.75 Å². The van der Waals surface area contributed by atoms with E-state index in [0.717, 1.165) is 0 Å². The number of carboxylic acids is 1. The number of nitrogens with zero attached hydrogens (tertiary/aromatic N) is 1. The third-order valence-electron chi connectivity index (χ3n) is 3.32. The highest BCUT2D eigenvalue weighted by Crippen LogP contribution is 2.24. The third kappa shape index (κ3) is 3.65. The Morgan fingerprint density at radius 3 is 2.95 bits per heavy atom. The lowest BCUT2D eigenvalue weighted by atomic mass is 10.1. The number of aliphatic carboxylic acids is 1. The number of rotatable bonds is 4. The van der Waals surface area contributed by atoms with E-state index in [-0.39, 0.29) is 25.5 Å². The number of hydrogen-bond donors (Lipinski definition) is 1. The van der Waals surface area contributed by atoms with Crippen molar-refractivity contribution >= 4 is 23.5 Å².